The molecule has 1 fully saturated rings. The fourth-order valence-corrected chi connectivity index (χ4v) is 4.21. The van der Waals surface area contributed by atoms with Crippen LogP contribution >= 0.6 is 0 Å². The van der Waals surface area contributed by atoms with Gasteiger partial charge in [-0.25, -0.2) is 0 Å². The number of amides is 1. The Morgan fingerprint density at radius 1 is 1.13 bits per heavy atom. The van der Waals surface area contributed by atoms with Crippen molar-refractivity contribution in [2.24, 2.45) is 5.92 Å². The summed E-state index contributed by atoms with van der Waals surface area (Å²) in [6.07, 6.45) is 7.09. The first-order chi connectivity index (χ1) is 14.8. The smallest absolute Gasteiger partial charge is 0.274 e. The molecule has 3 rings (SSSR count). The summed E-state index contributed by atoms with van der Waals surface area (Å²) < 4.78 is 1.47. The summed E-state index contributed by atoms with van der Waals surface area (Å²) in [5, 5.41) is 2.88. The number of carbonyl (C=O) groups excluding carboxylic acids is 1. The van der Waals surface area contributed by atoms with E-state index in [2.05, 4.69) is 10.3 Å². The number of hydrogen-bond acceptors (Lipinski definition) is 4. The standard InChI is InChI=1S/C23H32N4O2.C2H6/c1-15-9-10-19(17(3)26-15)13-25-21(28)14-27-16(2)11-20(22(24)23(27)29)12-18-7-5-4-6-8-18;1-2/h9-11,18H,4-8,12-14,24H2,1-3H3,(H,25,28);1-2H3. The molecule has 1 amide bonds. The lowest BCUT2D eigenvalue weighted by Crippen LogP contribution is -2.34. The van der Waals surface area contributed by atoms with Crippen LogP contribution in [0.3, 0.4) is 0 Å². The van der Waals surface area contributed by atoms with Gasteiger partial charge in [0.2, 0.25) is 5.91 Å². The van der Waals surface area contributed by atoms with E-state index in [4.69, 9.17) is 5.73 Å². The first kappa shape index (κ1) is 24.6. The van der Waals surface area contributed by atoms with E-state index in [0.29, 0.717) is 12.5 Å². The number of pyridine rings is 2. The number of nitrogen functional groups attached to an aromatic ring is 1. The molecule has 0 unspecified atom stereocenters. The normalized spacial score (nSPS) is 14.0. The molecule has 170 valence electrons. The molecule has 0 spiro atoms. The van der Waals surface area contributed by atoms with E-state index in [1.165, 1.54) is 36.7 Å². The highest BCUT2D eigenvalue weighted by Crippen LogP contribution is 2.28. The van der Waals surface area contributed by atoms with E-state index in [1.807, 2.05) is 52.8 Å². The van der Waals surface area contributed by atoms with Gasteiger partial charge in [-0.3, -0.25) is 14.6 Å². The van der Waals surface area contributed by atoms with Crippen LogP contribution in [0.25, 0.3) is 0 Å². The van der Waals surface area contributed by atoms with Crippen molar-refractivity contribution < 1.29 is 4.79 Å². The molecular weight excluding hydrogens is 388 g/mol. The van der Waals surface area contributed by atoms with Gasteiger partial charge in [0.25, 0.3) is 5.56 Å². The van der Waals surface area contributed by atoms with Gasteiger partial charge in [0, 0.05) is 23.6 Å². The van der Waals surface area contributed by atoms with Crippen LogP contribution in [0.4, 0.5) is 5.69 Å². The second-order valence-corrected chi connectivity index (χ2v) is 8.30. The zero-order chi connectivity index (χ0) is 23.0. The van der Waals surface area contributed by atoms with Crippen molar-refractivity contribution >= 4 is 11.6 Å². The van der Waals surface area contributed by atoms with Crippen LogP contribution in [0, 0.1) is 26.7 Å². The van der Waals surface area contributed by atoms with Gasteiger partial charge in [0.15, 0.2) is 0 Å². The van der Waals surface area contributed by atoms with Crippen LogP contribution in [0.1, 0.15) is 74.2 Å². The summed E-state index contributed by atoms with van der Waals surface area (Å²) in [6, 6.07) is 5.87. The van der Waals surface area contributed by atoms with Crippen LogP contribution in [0.15, 0.2) is 23.0 Å². The van der Waals surface area contributed by atoms with Gasteiger partial charge in [-0.15, -0.1) is 0 Å². The number of nitrogens with one attached hydrogen (secondary N) is 1. The van der Waals surface area contributed by atoms with E-state index >= 15 is 0 Å². The monoisotopic (exact) mass is 426 g/mol. The number of nitrogens with zero attached hydrogens (tertiary/aromatic N) is 2. The molecule has 1 aliphatic carbocycles. The molecule has 31 heavy (non-hydrogen) atoms. The number of aryl methyl sites for hydroxylation is 3. The van der Waals surface area contributed by atoms with Gasteiger partial charge in [0.1, 0.15) is 12.2 Å². The summed E-state index contributed by atoms with van der Waals surface area (Å²) in [4.78, 5) is 29.7. The highest BCUT2D eigenvalue weighted by Gasteiger charge is 2.18. The third-order valence-corrected chi connectivity index (χ3v) is 5.98. The molecule has 0 aromatic carbocycles. The Kier molecular flexibility index (Phi) is 9.28. The summed E-state index contributed by atoms with van der Waals surface area (Å²) in [7, 11) is 0. The molecule has 0 radical (unpaired) electrons. The molecule has 3 N–H and O–H groups in total. The average Bonchev–Trinajstić information content (AvgIpc) is 2.76. The van der Waals surface area contributed by atoms with E-state index in [0.717, 1.165) is 34.6 Å². The van der Waals surface area contributed by atoms with Crippen molar-refractivity contribution in [2.45, 2.75) is 86.2 Å². The third kappa shape index (κ3) is 6.68. The third-order valence-electron chi connectivity index (χ3n) is 5.98. The fraction of sp³-hybridized carbons (Fsp3) is 0.560. The Morgan fingerprint density at radius 3 is 2.45 bits per heavy atom. The molecular formula is C25H38N4O2. The first-order valence-corrected chi connectivity index (χ1v) is 11.5. The second kappa shape index (κ2) is 11.7. The molecule has 6 nitrogen and oxygen atoms in total. The number of anilines is 1. The quantitative estimate of drug-likeness (QED) is 0.724. The zero-order valence-electron chi connectivity index (χ0n) is 19.8. The Balaban J connectivity index is 0.00000166. The highest BCUT2D eigenvalue weighted by atomic mass is 16.2. The van der Waals surface area contributed by atoms with Crippen molar-refractivity contribution in [1.82, 2.24) is 14.9 Å². The SMILES string of the molecule is CC.Cc1ccc(CNC(=O)Cn2c(C)cc(CC3CCCCC3)c(N)c2=O)c(C)n1. The van der Waals surface area contributed by atoms with Crippen LogP contribution in [-0.4, -0.2) is 15.5 Å². The predicted molar refractivity (Wildman–Crippen MR) is 127 cm³/mol. The van der Waals surface area contributed by atoms with Crippen molar-refractivity contribution in [1.29, 1.82) is 0 Å². The van der Waals surface area contributed by atoms with E-state index in [1.54, 1.807) is 0 Å². The van der Waals surface area contributed by atoms with Crippen molar-refractivity contribution in [3.63, 3.8) is 0 Å². The topological polar surface area (TPSA) is 90.0 Å². The highest BCUT2D eigenvalue weighted by molar-refractivity contribution is 5.76. The van der Waals surface area contributed by atoms with Crippen LogP contribution in [0.2, 0.25) is 0 Å². The van der Waals surface area contributed by atoms with E-state index in [-0.39, 0.29) is 23.7 Å². The van der Waals surface area contributed by atoms with Crippen LogP contribution in [-0.2, 0) is 24.3 Å². The molecule has 0 aliphatic heterocycles. The van der Waals surface area contributed by atoms with Gasteiger partial charge in [-0.2, -0.15) is 0 Å². The van der Waals surface area contributed by atoms with Crippen LogP contribution < -0.4 is 16.6 Å². The first-order valence-electron chi connectivity index (χ1n) is 11.5. The Morgan fingerprint density at radius 2 is 1.81 bits per heavy atom. The summed E-state index contributed by atoms with van der Waals surface area (Å²) in [5.41, 5.74) is 10.7. The maximum Gasteiger partial charge on any atom is 0.274 e. The van der Waals surface area contributed by atoms with Crippen LogP contribution in [0.5, 0.6) is 0 Å². The van der Waals surface area contributed by atoms with Crippen molar-refractivity contribution in [2.75, 3.05) is 5.73 Å². The van der Waals surface area contributed by atoms with Gasteiger partial charge < -0.3 is 15.6 Å². The number of aromatic nitrogens is 2. The van der Waals surface area contributed by atoms with Gasteiger partial charge in [-0.1, -0.05) is 52.0 Å². The summed E-state index contributed by atoms with van der Waals surface area (Å²) >= 11 is 0. The lowest BCUT2D eigenvalue weighted by molar-refractivity contribution is -0.121. The van der Waals surface area contributed by atoms with Crippen molar-refractivity contribution in [3.8, 4) is 0 Å². The molecule has 1 aliphatic rings. The van der Waals surface area contributed by atoms with E-state index < -0.39 is 0 Å². The zero-order valence-corrected chi connectivity index (χ0v) is 19.8. The fourth-order valence-electron chi connectivity index (χ4n) is 4.21. The minimum atomic E-state index is -0.265. The Hall–Kier alpha value is -2.63. The Labute approximate surface area is 186 Å². The van der Waals surface area contributed by atoms with Gasteiger partial charge in [-0.05, 0) is 56.4 Å². The van der Waals surface area contributed by atoms with E-state index in [9.17, 15) is 9.59 Å². The predicted octanol–water partition coefficient (Wildman–Crippen LogP) is 4.22. The maximum atomic E-state index is 12.8. The lowest BCUT2D eigenvalue weighted by Gasteiger charge is -2.23. The molecule has 0 atom stereocenters. The number of hydrogen-bond donors (Lipinski definition) is 2. The largest absolute Gasteiger partial charge is 0.394 e. The summed E-state index contributed by atoms with van der Waals surface area (Å²) in [5.74, 6) is 0.393. The molecule has 2 heterocycles. The van der Waals surface area contributed by atoms with Gasteiger partial charge >= 0.3 is 0 Å². The maximum absolute atomic E-state index is 12.8. The average molecular weight is 427 g/mol. The van der Waals surface area contributed by atoms with Crippen molar-refractivity contribution in [3.05, 3.63) is 56.8 Å². The number of nitrogens with two attached hydrogens (primary N) is 1. The molecule has 1 saturated carbocycles. The summed E-state index contributed by atoms with van der Waals surface area (Å²) in [6.45, 7) is 10.1. The molecule has 0 bridgehead atoms. The second-order valence-electron chi connectivity index (χ2n) is 8.30. The van der Waals surface area contributed by atoms with Gasteiger partial charge in [0.05, 0.1) is 0 Å². The minimum Gasteiger partial charge on any atom is -0.394 e. The Bertz CT molecular complexity index is 943. The molecule has 2 aromatic rings. The number of rotatable bonds is 6. The lowest BCUT2D eigenvalue weighted by atomic mass is 9.84. The minimum absolute atomic E-state index is 0.0308. The molecule has 2 aromatic heterocycles. The molecule has 0 saturated heterocycles. The number of carbonyl (C=O) groups is 1. The molecule has 6 heteroatoms.